The highest BCUT2D eigenvalue weighted by molar-refractivity contribution is 5.22. The van der Waals surface area contributed by atoms with Crippen molar-refractivity contribution in [3.05, 3.63) is 23.6 Å². The molecule has 0 aromatic carbocycles. The molecule has 3 heteroatoms. The third kappa shape index (κ3) is 1.90. The Morgan fingerprint density at radius 3 is 2.55 bits per heavy atom. The molecule has 1 aromatic heterocycles. The lowest BCUT2D eigenvalue weighted by Crippen LogP contribution is -1.91. The molecule has 0 saturated carbocycles. The lowest BCUT2D eigenvalue weighted by atomic mass is 10.1. The molecular weight excluding hydrogens is 145 g/mol. The second kappa shape index (κ2) is 2.86. The van der Waals surface area contributed by atoms with Crippen molar-refractivity contribution in [1.82, 2.24) is 4.98 Å². The van der Waals surface area contributed by atoms with Gasteiger partial charge in [-0.1, -0.05) is 13.8 Å². The Kier molecular flexibility index (Phi) is 2.08. The highest BCUT2D eigenvalue weighted by Crippen LogP contribution is 2.18. The number of aromatic hydroxyl groups is 1. The van der Waals surface area contributed by atoms with E-state index < -0.39 is 5.95 Å². The van der Waals surface area contributed by atoms with Crippen molar-refractivity contribution in [3.63, 3.8) is 0 Å². The minimum atomic E-state index is -0.631. The Balaban J connectivity index is 3.08. The van der Waals surface area contributed by atoms with Gasteiger partial charge in [0.1, 0.15) is 0 Å². The molecule has 0 aliphatic heterocycles. The number of rotatable bonds is 1. The molecule has 0 amide bonds. The molecule has 0 aliphatic rings. The molecule has 0 radical (unpaired) electrons. The zero-order valence-electron chi connectivity index (χ0n) is 6.50. The van der Waals surface area contributed by atoms with E-state index in [4.69, 9.17) is 5.11 Å². The van der Waals surface area contributed by atoms with E-state index in [1.165, 1.54) is 12.1 Å². The number of pyridine rings is 1. The topological polar surface area (TPSA) is 33.1 Å². The van der Waals surface area contributed by atoms with Crippen LogP contribution in [0.4, 0.5) is 4.39 Å². The third-order valence-electron chi connectivity index (χ3n) is 1.47. The summed E-state index contributed by atoms with van der Waals surface area (Å²) in [6.45, 7) is 3.85. The van der Waals surface area contributed by atoms with Gasteiger partial charge in [0, 0.05) is 6.07 Å². The van der Waals surface area contributed by atoms with Crippen LogP contribution in [0.2, 0.25) is 0 Å². The molecule has 0 unspecified atom stereocenters. The SMILES string of the molecule is CC(C)c1cc(O)nc(F)c1. The summed E-state index contributed by atoms with van der Waals surface area (Å²) < 4.78 is 12.5. The van der Waals surface area contributed by atoms with Crippen LogP contribution in [0.15, 0.2) is 12.1 Å². The normalized spacial score (nSPS) is 10.5. The van der Waals surface area contributed by atoms with Crippen molar-refractivity contribution in [2.24, 2.45) is 0 Å². The molecule has 0 bridgehead atoms. The molecule has 11 heavy (non-hydrogen) atoms. The van der Waals surface area contributed by atoms with Crippen LogP contribution in [0.3, 0.4) is 0 Å². The highest BCUT2D eigenvalue weighted by Gasteiger charge is 2.03. The van der Waals surface area contributed by atoms with Crippen LogP contribution in [0, 0.1) is 5.95 Å². The summed E-state index contributed by atoms with van der Waals surface area (Å²) in [4.78, 5) is 3.21. The number of nitrogens with zero attached hydrogens (tertiary/aromatic N) is 1. The predicted octanol–water partition coefficient (Wildman–Crippen LogP) is 2.05. The molecule has 0 atom stereocenters. The number of hydrogen-bond acceptors (Lipinski definition) is 2. The van der Waals surface area contributed by atoms with E-state index in [-0.39, 0.29) is 11.8 Å². The van der Waals surface area contributed by atoms with Crippen molar-refractivity contribution in [1.29, 1.82) is 0 Å². The van der Waals surface area contributed by atoms with Gasteiger partial charge in [-0.05, 0) is 17.5 Å². The van der Waals surface area contributed by atoms with E-state index in [1.807, 2.05) is 13.8 Å². The Morgan fingerprint density at radius 2 is 2.09 bits per heavy atom. The summed E-state index contributed by atoms with van der Waals surface area (Å²) in [5.41, 5.74) is 0.759. The van der Waals surface area contributed by atoms with Crippen molar-refractivity contribution in [3.8, 4) is 5.88 Å². The molecular formula is C8H10FNO. The smallest absolute Gasteiger partial charge is 0.216 e. The van der Waals surface area contributed by atoms with Gasteiger partial charge in [0.05, 0.1) is 0 Å². The van der Waals surface area contributed by atoms with Crippen LogP contribution >= 0.6 is 0 Å². The van der Waals surface area contributed by atoms with Gasteiger partial charge >= 0.3 is 0 Å². The first-order chi connectivity index (χ1) is 5.09. The Morgan fingerprint density at radius 1 is 1.45 bits per heavy atom. The van der Waals surface area contributed by atoms with Gasteiger partial charge in [-0.2, -0.15) is 9.37 Å². The standard InChI is InChI=1S/C8H10FNO/c1-5(2)6-3-7(9)10-8(11)4-6/h3-5H,1-2H3,(H,10,11). The summed E-state index contributed by atoms with van der Waals surface area (Å²) in [5, 5.41) is 8.89. The summed E-state index contributed by atoms with van der Waals surface area (Å²) in [7, 11) is 0. The highest BCUT2D eigenvalue weighted by atomic mass is 19.1. The maximum atomic E-state index is 12.5. The Hall–Kier alpha value is -1.12. The van der Waals surface area contributed by atoms with Crippen LogP contribution in [0.1, 0.15) is 25.3 Å². The molecule has 0 aliphatic carbocycles. The zero-order chi connectivity index (χ0) is 8.43. The van der Waals surface area contributed by atoms with E-state index in [9.17, 15) is 4.39 Å². The largest absolute Gasteiger partial charge is 0.493 e. The summed E-state index contributed by atoms with van der Waals surface area (Å²) in [6.07, 6.45) is 0. The van der Waals surface area contributed by atoms with E-state index >= 15 is 0 Å². The average molecular weight is 155 g/mol. The maximum Gasteiger partial charge on any atom is 0.216 e. The van der Waals surface area contributed by atoms with Gasteiger partial charge in [-0.15, -0.1) is 0 Å². The van der Waals surface area contributed by atoms with Gasteiger partial charge in [-0.25, -0.2) is 0 Å². The van der Waals surface area contributed by atoms with Crippen LogP contribution in [-0.4, -0.2) is 10.1 Å². The molecule has 1 heterocycles. The van der Waals surface area contributed by atoms with Crippen molar-refractivity contribution in [2.45, 2.75) is 19.8 Å². The van der Waals surface area contributed by atoms with E-state index in [0.29, 0.717) is 0 Å². The maximum absolute atomic E-state index is 12.5. The summed E-state index contributed by atoms with van der Waals surface area (Å²) >= 11 is 0. The fraction of sp³-hybridized carbons (Fsp3) is 0.375. The first-order valence-electron chi connectivity index (χ1n) is 3.46. The lowest BCUT2D eigenvalue weighted by Gasteiger charge is -2.04. The molecule has 1 aromatic rings. The summed E-state index contributed by atoms with van der Waals surface area (Å²) in [5.74, 6) is -0.680. The van der Waals surface area contributed by atoms with E-state index in [1.54, 1.807) is 0 Å². The average Bonchev–Trinajstić information content (AvgIpc) is 1.85. The quantitative estimate of drug-likeness (QED) is 0.629. The van der Waals surface area contributed by atoms with Gasteiger partial charge in [0.2, 0.25) is 11.8 Å². The van der Waals surface area contributed by atoms with Gasteiger partial charge in [-0.3, -0.25) is 0 Å². The molecule has 2 nitrogen and oxygen atoms in total. The third-order valence-corrected chi connectivity index (χ3v) is 1.47. The minimum Gasteiger partial charge on any atom is -0.493 e. The lowest BCUT2D eigenvalue weighted by molar-refractivity contribution is 0.433. The zero-order valence-corrected chi connectivity index (χ0v) is 6.50. The summed E-state index contributed by atoms with van der Waals surface area (Å²) in [6, 6.07) is 2.79. The van der Waals surface area contributed by atoms with E-state index in [0.717, 1.165) is 5.56 Å². The van der Waals surface area contributed by atoms with E-state index in [2.05, 4.69) is 4.98 Å². The molecule has 0 fully saturated rings. The van der Waals surface area contributed by atoms with Crippen LogP contribution in [0.25, 0.3) is 0 Å². The van der Waals surface area contributed by atoms with Gasteiger partial charge in [0.15, 0.2) is 0 Å². The first kappa shape index (κ1) is 7.98. The molecule has 0 saturated heterocycles. The van der Waals surface area contributed by atoms with Crippen molar-refractivity contribution in [2.75, 3.05) is 0 Å². The van der Waals surface area contributed by atoms with Crippen LogP contribution in [0.5, 0.6) is 5.88 Å². The molecule has 1 rings (SSSR count). The number of aromatic nitrogens is 1. The van der Waals surface area contributed by atoms with Crippen molar-refractivity contribution >= 4 is 0 Å². The van der Waals surface area contributed by atoms with Crippen LogP contribution < -0.4 is 0 Å². The van der Waals surface area contributed by atoms with Gasteiger partial charge < -0.3 is 5.11 Å². The number of hydrogen-bond donors (Lipinski definition) is 1. The minimum absolute atomic E-state index is 0.207. The van der Waals surface area contributed by atoms with Gasteiger partial charge in [0.25, 0.3) is 0 Å². The molecule has 60 valence electrons. The molecule has 1 N–H and O–H groups in total. The predicted molar refractivity (Wildman–Crippen MR) is 39.9 cm³/mol. The van der Waals surface area contributed by atoms with Crippen LogP contribution in [-0.2, 0) is 0 Å². The molecule has 0 spiro atoms. The Bertz CT molecular complexity index is 240. The fourth-order valence-electron chi connectivity index (χ4n) is 0.836. The monoisotopic (exact) mass is 155 g/mol. The fourth-order valence-corrected chi connectivity index (χ4v) is 0.836. The second-order valence-corrected chi connectivity index (χ2v) is 2.74. The van der Waals surface area contributed by atoms with Crippen molar-refractivity contribution < 1.29 is 9.50 Å². The number of halogens is 1. The second-order valence-electron chi connectivity index (χ2n) is 2.74. The Labute approximate surface area is 64.7 Å². The first-order valence-corrected chi connectivity index (χ1v) is 3.46.